The Bertz CT molecular complexity index is 294. The molecule has 0 saturated heterocycles. The number of carbonyl (C=O) groups is 1. The highest BCUT2D eigenvalue weighted by Gasteiger charge is 2.51. The van der Waals surface area contributed by atoms with Gasteiger partial charge in [-0.15, -0.1) is 0 Å². The molecule has 13 heavy (non-hydrogen) atoms. The Hall–Kier alpha value is -1.15. The van der Waals surface area contributed by atoms with Crippen LogP contribution in [0.25, 0.3) is 0 Å². The summed E-state index contributed by atoms with van der Waals surface area (Å²) < 4.78 is 5.20. The van der Waals surface area contributed by atoms with E-state index in [4.69, 9.17) is 4.74 Å². The quantitative estimate of drug-likeness (QED) is 0.654. The zero-order valence-electron chi connectivity index (χ0n) is 7.51. The normalized spacial score (nSPS) is 31.3. The number of hydrogen-bond donors (Lipinski definition) is 0. The van der Waals surface area contributed by atoms with Crippen LogP contribution in [-0.2, 0) is 9.53 Å². The predicted molar refractivity (Wildman–Crippen MR) is 49.5 cm³/mol. The van der Waals surface area contributed by atoms with Crippen LogP contribution in [0.2, 0.25) is 0 Å². The molecule has 0 spiro atoms. The maximum Gasteiger partial charge on any atom is 0.126 e. The molecule has 3 atom stereocenters. The lowest BCUT2D eigenvalue weighted by atomic mass is 10.1. The molecule has 2 heteroatoms. The SMILES string of the molecule is CO[C@H]1[C@H](C=O)[C@H]1c1ccccc1. The van der Waals surface area contributed by atoms with Crippen molar-refractivity contribution >= 4 is 6.29 Å². The second-order valence-corrected chi connectivity index (χ2v) is 3.35. The van der Waals surface area contributed by atoms with E-state index in [2.05, 4.69) is 0 Å². The van der Waals surface area contributed by atoms with E-state index in [1.54, 1.807) is 7.11 Å². The Labute approximate surface area is 77.5 Å². The van der Waals surface area contributed by atoms with Gasteiger partial charge in [0.15, 0.2) is 0 Å². The summed E-state index contributed by atoms with van der Waals surface area (Å²) in [4.78, 5) is 10.6. The summed E-state index contributed by atoms with van der Waals surface area (Å²) in [5, 5.41) is 0. The summed E-state index contributed by atoms with van der Waals surface area (Å²) in [5.74, 6) is 0.344. The van der Waals surface area contributed by atoms with Crippen molar-refractivity contribution in [1.82, 2.24) is 0 Å². The topological polar surface area (TPSA) is 26.3 Å². The number of benzene rings is 1. The summed E-state index contributed by atoms with van der Waals surface area (Å²) in [7, 11) is 1.66. The highest BCUT2D eigenvalue weighted by Crippen LogP contribution is 2.48. The Kier molecular flexibility index (Phi) is 2.15. The minimum atomic E-state index is 0.0624. The van der Waals surface area contributed by atoms with Crippen molar-refractivity contribution in [2.24, 2.45) is 5.92 Å². The molecule has 68 valence electrons. The van der Waals surface area contributed by atoms with Crippen molar-refractivity contribution in [1.29, 1.82) is 0 Å². The van der Waals surface area contributed by atoms with E-state index >= 15 is 0 Å². The van der Waals surface area contributed by atoms with Crippen LogP contribution in [0.5, 0.6) is 0 Å². The third-order valence-electron chi connectivity index (χ3n) is 2.62. The average Bonchev–Trinajstić information content (AvgIpc) is 2.92. The Morgan fingerprint density at radius 1 is 1.31 bits per heavy atom. The van der Waals surface area contributed by atoms with Crippen molar-refractivity contribution in [3.8, 4) is 0 Å². The van der Waals surface area contributed by atoms with Gasteiger partial charge < -0.3 is 9.53 Å². The van der Waals surface area contributed by atoms with E-state index in [1.165, 1.54) is 5.56 Å². The maximum absolute atomic E-state index is 10.6. The van der Waals surface area contributed by atoms with Crippen molar-refractivity contribution in [3.63, 3.8) is 0 Å². The van der Waals surface area contributed by atoms with Crippen LogP contribution in [-0.4, -0.2) is 19.5 Å². The first-order chi connectivity index (χ1) is 6.38. The molecule has 0 N–H and O–H groups in total. The number of ether oxygens (including phenoxy) is 1. The molecule has 0 aromatic heterocycles. The van der Waals surface area contributed by atoms with Gasteiger partial charge in [-0.2, -0.15) is 0 Å². The number of rotatable bonds is 3. The summed E-state index contributed by atoms with van der Waals surface area (Å²) in [5.41, 5.74) is 1.20. The summed E-state index contributed by atoms with van der Waals surface area (Å²) in [6, 6.07) is 10.0. The molecule has 1 aromatic rings. The second-order valence-electron chi connectivity index (χ2n) is 3.35. The molecule has 2 rings (SSSR count). The molecule has 1 aromatic carbocycles. The first-order valence-electron chi connectivity index (χ1n) is 4.41. The maximum atomic E-state index is 10.6. The summed E-state index contributed by atoms with van der Waals surface area (Å²) in [6.07, 6.45) is 1.09. The predicted octanol–water partition coefficient (Wildman–Crippen LogP) is 1.61. The minimum Gasteiger partial charge on any atom is -0.380 e. The molecule has 0 amide bonds. The van der Waals surface area contributed by atoms with Crippen LogP contribution in [0.4, 0.5) is 0 Å². The minimum absolute atomic E-state index is 0.0624. The average molecular weight is 176 g/mol. The van der Waals surface area contributed by atoms with Gasteiger partial charge in [0.2, 0.25) is 0 Å². The standard InChI is InChI=1S/C11H12O2/c1-13-11-9(7-12)10(11)8-5-3-2-4-6-8/h2-7,9-11H,1H3/t9-,10-,11+/m1/s1. The number of methoxy groups -OCH3 is 1. The fourth-order valence-electron chi connectivity index (χ4n) is 1.86. The van der Waals surface area contributed by atoms with Crippen LogP contribution in [0, 0.1) is 5.92 Å². The van der Waals surface area contributed by atoms with Crippen molar-refractivity contribution in [2.45, 2.75) is 12.0 Å². The smallest absolute Gasteiger partial charge is 0.126 e. The zero-order valence-corrected chi connectivity index (χ0v) is 7.51. The molecule has 0 bridgehead atoms. The number of aldehydes is 1. The van der Waals surface area contributed by atoms with Crippen molar-refractivity contribution < 1.29 is 9.53 Å². The molecular formula is C11H12O2. The molecule has 1 fully saturated rings. The van der Waals surface area contributed by atoms with Gasteiger partial charge in [0.1, 0.15) is 6.29 Å². The second kappa shape index (κ2) is 3.30. The monoisotopic (exact) mass is 176 g/mol. The van der Waals surface area contributed by atoms with Gasteiger partial charge in [-0.3, -0.25) is 0 Å². The van der Waals surface area contributed by atoms with E-state index in [-0.39, 0.29) is 17.9 Å². The largest absolute Gasteiger partial charge is 0.380 e. The Balaban J connectivity index is 2.16. The molecule has 1 saturated carbocycles. The third kappa shape index (κ3) is 1.38. The van der Waals surface area contributed by atoms with E-state index in [9.17, 15) is 4.79 Å². The van der Waals surface area contributed by atoms with Gasteiger partial charge in [0.25, 0.3) is 0 Å². The van der Waals surface area contributed by atoms with Crippen LogP contribution in [0.3, 0.4) is 0 Å². The van der Waals surface area contributed by atoms with E-state index in [0.29, 0.717) is 0 Å². The third-order valence-corrected chi connectivity index (χ3v) is 2.62. The first-order valence-corrected chi connectivity index (χ1v) is 4.41. The van der Waals surface area contributed by atoms with Gasteiger partial charge in [-0.1, -0.05) is 30.3 Å². The van der Waals surface area contributed by atoms with Crippen LogP contribution in [0.1, 0.15) is 11.5 Å². The molecule has 0 unspecified atom stereocenters. The Morgan fingerprint density at radius 2 is 2.00 bits per heavy atom. The fourth-order valence-corrected chi connectivity index (χ4v) is 1.86. The van der Waals surface area contributed by atoms with Gasteiger partial charge in [-0.05, 0) is 5.56 Å². The van der Waals surface area contributed by atoms with Crippen LogP contribution in [0.15, 0.2) is 30.3 Å². The molecule has 0 radical (unpaired) electrons. The van der Waals surface area contributed by atoms with Crippen LogP contribution >= 0.6 is 0 Å². The summed E-state index contributed by atoms with van der Waals surface area (Å²) >= 11 is 0. The van der Waals surface area contributed by atoms with Gasteiger partial charge in [0, 0.05) is 13.0 Å². The lowest BCUT2D eigenvalue weighted by Gasteiger charge is -1.96. The summed E-state index contributed by atoms with van der Waals surface area (Å²) in [6.45, 7) is 0. The van der Waals surface area contributed by atoms with E-state index in [0.717, 1.165) is 6.29 Å². The van der Waals surface area contributed by atoms with Crippen LogP contribution < -0.4 is 0 Å². The zero-order chi connectivity index (χ0) is 9.26. The number of hydrogen-bond acceptors (Lipinski definition) is 2. The van der Waals surface area contributed by atoms with E-state index in [1.807, 2.05) is 30.3 Å². The molecule has 1 aliphatic carbocycles. The molecular weight excluding hydrogens is 164 g/mol. The lowest BCUT2D eigenvalue weighted by molar-refractivity contribution is -0.109. The molecule has 2 nitrogen and oxygen atoms in total. The lowest BCUT2D eigenvalue weighted by Crippen LogP contribution is -1.91. The van der Waals surface area contributed by atoms with Crippen molar-refractivity contribution in [2.75, 3.05) is 7.11 Å². The molecule has 0 heterocycles. The highest BCUT2D eigenvalue weighted by molar-refractivity contribution is 5.64. The molecule has 0 aliphatic heterocycles. The van der Waals surface area contributed by atoms with E-state index < -0.39 is 0 Å². The first kappa shape index (κ1) is 8.45. The van der Waals surface area contributed by atoms with Gasteiger partial charge in [0.05, 0.1) is 12.0 Å². The molecule has 1 aliphatic rings. The van der Waals surface area contributed by atoms with Crippen molar-refractivity contribution in [3.05, 3.63) is 35.9 Å². The Morgan fingerprint density at radius 3 is 2.46 bits per heavy atom. The fraction of sp³-hybridized carbons (Fsp3) is 0.364. The van der Waals surface area contributed by atoms with Gasteiger partial charge >= 0.3 is 0 Å². The number of carbonyl (C=O) groups excluding carboxylic acids is 1. The highest BCUT2D eigenvalue weighted by atomic mass is 16.5. The van der Waals surface area contributed by atoms with Gasteiger partial charge in [-0.25, -0.2) is 0 Å².